The minimum absolute atomic E-state index is 0.0983. The van der Waals surface area contributed by atoms with Crippen LogP contribution in [-0.4, -0.2) is 19.2 Å². The molecule has 3 nitrogen and oxygen atoms in total. The third-order valence-corrected chi connectivity index (χ3v) is 4.20. The van der Waals surface area contributed by atoms with Gasteiger partial charge in [0.1, 0.15) is 5.75 Å². The van der Waals surface area contributed by atoms with Gasteiger partial charge in [-0.05, 0) is 76.5 Å². The van der Waals surface area contributed by atoms with Gasteiger partial charge in [0.05, 0.1) is 18.6 Å². The van der Waals surface area contributed by atoms with E-state index in [-0.39, 0.29) is 5.97 Å². The molecule has 2 rings (SSSR count). The number of benzene rings is 1. The average molecular weight is 304 g/mol. The second-order valence-electron chi connectivity index (χ2n) is 6.86. The molecule has 1 saturated carbocycles. The van der Waals surface area contributed by atoms with Crippen molar-refractivity contribution < 1.29 is 14.3 Å². The van der Waals surface area contributed by atoms with Crippen LogP contribution in [0, 0.1) is 11.3 Å². The Balaban J connectivity index is 1.72. The summed E-state index contributed by atoms with van der Waals surface area (Å²) in [5.41, 5.74) is 0.891. The first-order chi connectivity index (χ1) is 10.5. The third kappa shape index (κ3) is 5.36. The zero-order valence-corrected chi connectivity index (χ0v) is 14.1. The van der Waals surface area contributed by atoms with Crippen molar-refractivity contribution in [3.63, 3.8) is 0 Å². The van der Waals surface area contributed by atoms with E-state index in [1.165, 1.54) is 18.4 Å². The first kappa shape index (κ1) is 16.9. The fourth-order valence-corrected chi connectivity index (χ4v) is 2.41. The largest absolute Gasteiger partial charge is 0.493 e. The zero-order valence-electron chi connectivity index (χ0n) is 14.1. The normalized spacial score (nSPS) is 14.7. The Morgan fingerprint density at radius 1 is 1.23 bits per heavy atom. The standard InChI is InChI=1S/C19H28O3/c1-4-21-18(20)19(2,3)13-5-6-15-9-11-17(12-10-15)22-14-16-7-8-16/h9-12,16H,4-8,13-14H2,1-3H3. The topological polar surface area (TPSA) is 35.5 Å². The Bertz CT molecular complexity index is 472. The molecule has 1 aromatic carbocycles. The van der Waals surface area contributed by atoms with E-state index in [1.807, 2.05) is 32.9 Å². The molecule has 0 aromatic heterocycles. The number of aryl methyl sites for hydroxylation is 1. The lowest BCUT2D eigenvalue weighted by Crippen LogP contribution is -2.26. The zero-order chi connectivity index (χ0) is 16.0. The number of carbonyl (C=O) groups is 1. The maximum Gasteiger partial charge on any atom is 0.311 e. The van der Waals surface area contributed by atoms with Gasteiger partial charge < -0.3 is 9.47 Å². The van der Waals surface area contributed by atoms with Crippen LogP contribution in [0.1, 0.15) is 52.0 Å². The molecule has 0 saturated heterocycles. The lowest BCUT2D eigenvalue weighted by Gasteiger charge is -2.22. The molecular formula is C19H28O3. The van der Waals surface area contributed by atoms with E-state index in [0.717, 1.165) is 37.5 Å². The van der Waals surface area contributed by atoms with Crippen molar-refractivity contribution in [3.05, 3.63) is 29.8 Å². The number of hydrogen-bond acceptors (Lipinski definition) is 3. The molecule has 1 aromatic rings. The van der Waals surface area contributed by atoms with Crippen molar-refractivity contribution in [1.29, 1.82) is 0 Å². The second-order valence-corrected chi connectivity index (χ2v) is 6.86. The quantitative estimate of drug-likeness (QED) is 0.635. The molecule has 1 fully saturated rings. The molecule has 122 valence electrons. The van der Waals surface area contributed by atoms with E-state index in [9.17, 15) is 4.79 Å². The van der Waals surface area contributed by atoms with Crippen molar-refractivity contribution in [2.24, 2.45) is 11.3 Å². The summed E-state index contributed by atoms with van der Waals surface area (Å²) in [7, 11) is 0. The van der Waals surface area contributed by atoms with Crippen LogP contribution in [0.4, 0.5) is 0 Å². The molecule has 22 heavy (non-hydrogen) atoms. The van der Waals surface area contributed by atoms with Crippen molar-refractivity contribution in [1.82, 2.24) is 0 Å². The molecular weight excluding hydrogens is 276 g/mol. The Morgan fingerprint density at radius 2 is 1.91 bits per heavy atom. The number of esters is 1. The molecule has 0 amide bonds. The molecule has 0 aliphatic heterocycles. The highest BCUT2D eigenvalue weighted by molar-refractivity contribution is 5.75. The van der Waals surface area contributed by atoms with Gasteiger partial charge in [0.25, 0.3) is 0 Å². The minimum atomic E-state index is -0.399. The van der Waals surface area contributed by atoms with Gasteiger partial charge in [-0.15, -0.1) is 0 Å². The van der Waals surface area contributed by atoms with E-state index >= 15 is 0 Å². The molecule has 0 N–H and O–H groups in total. The van der Waals surface area contributed by atoms with Crippen LogP contribution in [0.15, 0.2) is 24.3 Å². The van der Waals surface area contributed by atoms with Gasteiger partial charge >= 0.3 is 5.97 Å². The lowest BCUT2D eigenvalue weighted by molar-refractivity contribution is -0.153. The van der Waals surface area contributed by atoms with E-state index in [2.05, 4.69) is 12.1 Å². The molecule has 0 atom stereocenters. The average Bonchev–Trinajstić information content (AvgIpc) is 3.31. The van der Waals surface area contributed by atoms with Gasteiger partial charge in [0, 0.05) is 0 Å². The van der Waals surface area contributed by atoms with Crippen LogP contribution in [0.25, 0.3) is 0 Å². The molecule has 0 radical (unpaired) electrons. The molecule has 3 heteroatoms. The predicted octanol–water partition coefficient (Wildman–Crippen LogP) is 4.39. The Labute approximate surface area is 134 Å². The lowest BCUT2D eigenvalue weighted by atomic mass is 9.86. The highest BCUT2D eigenvalue weighted by Gasteiger charge is 2.28. The van der Waals surface area contributed by atoms with E-state index in [4.69, 9.17) is 9.47 Å². The Kier molecular flexibility index (Phi) is 5.87. The molecule has 0 spiro atoms. The maximum absolute atomic E-state index is 11.8. The Morgan fingerprint density at radius 3 is 2.50 bits per heavy atom. The van der Waals surface area contributed by atoms with Crippen LogP contribution in [0.2, 0.25) is 0 Å². The van der Waals surface area contributed by atoms with Crippen LogP contribution >= 0.6 is 0 Å². The SMILES string of the molecule is CCOC(=O)C(C)(C)CCCc1ccc(OCC2CC2)cc1. The molecule has 1 aliphatic rings. The van der Waals surface area contributed by atoms with Crippen molar-refractivity contribution in [3.8, 4) is 5.75 Å². The van der Waals surface area contributed by atoms with Crippen LogP contribution < -0.4 is 4.74 Å². The van der Waals surface area contributed by atoms with E-state index in [1.54, 1.807) is 0 Å². The third-order valence-electron chi connectivity index (χ3n) is 4.20. The number of rotatable bonds is 9. The number of ether oxygens (including phenoxy) is 2. The second kappa shape index (κ2) is 7.66. The van der Waals surface area contributed by atoms with E-state index < -0.39 is 5.41 Å². The fourth-order valence-electron chi connectivity index (χ4n) is 2.41. The monoisotopic (exact) mass is 304 g/mol. The number of hydrogen-bond donors (Lipinski definition) is 0. The van der Waals surface area contributed by atoms with Crippen molar-refractivity contribution in [2.45, 2.75) is 52.9 Å². The first-order valence-electron chi connectivity index (χ1n) is 8.40. The summed E-state index contributed by atoms with van der Waals surface area (Å²) < 4.78 is 10.9. The summed E-state index contributed by atoms with van der Waals surface area (Å²) in [6, 6.07) is 8.35. The smallest absolute Gasteiger partial charge is 0.311 e. The minimum Gasteiger partial charge on any atom is -0.493 e. The first-order valence-corrected chi connectivity index (χ1v) is 8.40. The van der Waals surface area contributed by atoms with Gasteiger partial charge in [0.15, 0.2) is 0 Å². The van der Waals surface area contributed by atoms with Crippen LogP contribution in [0.5, 0.6) is 5.75 Å². The summed E-state index contributed by atoms with van der Waals surface area (Å²) in [5.74, 6) is 1.64. The van der Waals surface area contributed by atoms with Crippen molar-refractivity contribution in [2.75, 3.05) is 13.2 Å². The van der Waals surface area contributed by atoms with Gasteiger partial charge in [-0.2, -0.15) is 0 Å². The van der Waals surface area contributed by atoms with Crippen LogP contribution in [0.3, 0.4) is 0 Å². The number of carbonyl (C=O) groups excluding carboxylic acids is 1. The summed E-state index contributed by atoms with van der Waals surface area (Å²) in [5, 5.41) is 0. The summed E-state index contributed by atoms with van der Waals surface area (Å²) in [6.45, 7) is 7.07. The Hall–Kier alpha value is -1.51. The predicted molar refractivity (Wildman–Crippen MR) is 88.0 cm³/mol. The van der Waals surface area contributed by atoms with Gasteiger partial charge in [-0.25, -0.2) is 0 Å². The van der Waals surface area contributed by atoms with Gasteiger partial charge in [0.2, 0.25) is 0 Å². The summed E-state index contributed by atoms with van der Waals surface area (Å²) in [4.78, 5) is 11.8. The summed E-state index contributed by atoms with van der Waals surface area (Å²) in [6.07, 6.45) is 5.42. The van der Waals surface area contributed by atoms with E-state index in [0.29, 0.717) is 6.61 Å². The molecule has 0 unspecified atom stereocenters. The molecule has 0 bridgehead atoms. The maximum atomic E-state index is 11.8. The summed E-state index contributed by atoms with van der Waals surface area (Å²) >= 11 is 0. The highest BCUT2D eigenvalue weighted by Crippen LogP contribution is 2.30. The highest BCUT2D eigenvalue weighted by atomic mass is 16.5. The van der Waals surface area contributed by atoms with Crippen LogP contribution in [-0.2, 0) is 16.0 Å². The molecule has 0 heterocycles. The van der Waals surface area contributed by atoms with Gasteiger partial charge in [-0.1, -0.05) is 12.1 Å². The molecule has 1 aliphatic carbocycles. The fraction of sp³-hybridized carbons (Fsp3) is 0.632. The van der Waals surface area contributed by atoms with Crippen molar-refractivity contribution >= 4 is 5.97 Å². The van der Waals surface area contributed by atoms with Gasteiger partial charge in [-0.3, -0.25) is 4.79 Å².